The number of nitrogens with one attached hydrogen (secondary N) is 1. The molecule has 1 spiro atoms. The molecule has 6 nitrogen and oxygen atoms in total. The molecule has 28 heavy (non-hydrogen) atoms. The summed E-state index contributed by atoms with van der Waals surface area (Å²) in [7, 11) is 0. The maximum absolute atomic E-state index is 14.7. The van der Waals surface area contributed by atoms with E-state index in [-0.39, 0.29) is 17.6 Å². The van der Waals surface area contributed by atoms with Crippen LogP contribution in [0.15, 0.2) is 18.2 Å². The topological polar surface area (TPSA) is 61.9 Å². The van der Waals surface area contributed by atoms with Gasteiger partial charge >= 0.3 is 11.8 Å². The third-order valence-electron chi connectivity index (χ3n) is 6.30. The number of likely N-dealkylation sites (tertiary alicyclic amines) is 1. The molecule has 1 aromatic rings. The average molecular weight is 389 g/mol. The zero-order valence-corrected chi connectivity index (χ0v) is 16.5. The molecule has 2 heterocycles. The second kappa shape index (κ2) is 7.35. The van der Waals surface area contributed by atoms with Crippen molar-refractivity contribution >= 4 is 23.2 Å². The van der Waals surface area contributed by atoms with Gasteiger partial charge in [0.2, 0.25) is 0 Å². The Kier molecular flexibility index (Phi) is 5.04. The van der Waals surface area contributed by atoms with Gasteiger partial charge in [-0.3, -0.25) is 9.59 Å². The van der Waals surface area contributed by atoms with Crippen molar-refractivity contribution in [2.24, 2.45) is 5.41 Å². The van der Waals surface area contributed by atoms with E-state index in [1.165, 1.54) is 12.5 Å². The molecule has 3 aliphatic rings. The molecular weight excluding hydrogens is 361 g/mol. The normalized spacial score (nSPS) is 26.2. The van der Waals surface area contributed by atoms with Gasteiger partial charge in [-0.1, -0.05) is 6.42 Å². The molecular formula is C21H28FN3O3. The number of hydrogen-bond acceptors (Lipinski definition) is 4. The molecule has 0 bridgehead atoms. The first-order chi connectivity index (χ1) is 13.3. The summed E-state index contributed by atoms with van der Waals surface area (Å²) in [4.78, 5) is 28.4. The van der Waals surface area contributed by atoms with E-state index in [0.717, 1.165) is 19.3 Å². The Bertz CT molecular complexity index is 770. The Labute approximate surface area is 165 Å². The Morgan fingerprint density at radius 3 is 2.46 bits per heavy atom. The Balaban J connectivity index is 1.39. The SMILES string of the molecule is C[C@H]1CN(c2ccc(NC(=O)C(=O)N3CCC4(CCC4)C3)cc2F)C[C@H](C)O1. The summed E-state index contributed by atoms with van der Waals surface area (Å²) in [6, 6.07) is 4.58. The largest absolute Gasteiger partial charge is 0.372 e. The summed E-state index contributed by atoms with van der Waals surface area (Å²) in [5.41, 5.74) is 1.03. The van der Waals surface area contributed by atoms with E-state index in [4.69, 9.17) is 4.74 Å². The van der Waals surface area contributed by atoms with E-state index in [2.05, 4.69) is 5.32 Å². The molecule has 0 radical (unpaired) electrons. The zero-order chi connectivity index (χ0) is 19.9. The summed E-state index contributed by atoms with van der Waals surface area (Å²) in [6.07, 6.45) is 4.53. The lowest BCUT2D eigenvalue weighted by atomic mass is 9.68. The van der Waals surface area contributed by atoms with Gasteiger partial charge in [0.25, 0.3) is 0 Å². The fourth-order valence-electron chi connectivity index (χ4n) is 4.74. The predicted molar refractivity (Wildman–Crippen MR) is 105 cm³/mol. The van der Waals surface area contributed by atoms with Gasteiger partial charge in [-0.05, 0) is 56.7 Å². The van der Waals surface area contributed by atoms with Gasteiger partial charge in [0.1, 0.15) is 5.82 Å². The van der Waals surface area contributed by atoms with Crippen molar-refractivity contribution in [2.45, 2.75) is 51.7 Å². The van der Waals surface area contributed by atoms with Crippen molar-refractivity contribution in [3.8, 4) is 0 Å². The van der Waals surface area contributed by atoms with Crippen LogP contribution in [0.1, 0.15) is 39.5 Å². The Morgan fingerprint density at radius 1 is 1.18 bits per heavy atom. The Hall–Kier alpha value is -2.15. The average Bonchev–Trinajstić information content (AvgIpc) is 3.06. The maximum Gasteiger partial charge on any atom is 0.313 e. The molecule has 1 saturated carbocycles. The van der Waals surface area contributed by atoms with E-state index in [9.17, 15) is 14.0 Å². The van der Waals surface area contributed by atoms with E-state index in [1.54, 1.807) is 17.0 Å². The fourth-order valence-corrected chi connectivity index (χ4v) is 4.74. The number of carbonyl (C=O) groups is 2. The van der Waals surface area contributed by atoms with Crippen LogP contribution in [0.2, 0.25) is 0 Å². The maximum atomic E-state index is 14.7. The monoisotopic (exact) mass is 389 g/mol. The van der Waals surface area contributed by atoms with Crippen molar-refractivity contribution in [2.75, 3.05) is 36.4 Å². The van der Waals surface area contributed by atoms with Gasteiger partial charge in [0.05, 0.1) is 17.9 Å². The van der Waals surface area contributed by atoms with Crippen LogP contribution in [-0.2, 0) is 14.3 Å². The van der Waals surface area contributed by atoms with Crippen molar-refractivity contribution in [1.29, 1.82) is 0 Å². The van der Waals surface area contributed by atoms with Crippen LogP contribution in [-0.4, -0.2) is 55.1 Å². The lowest BCUT2D eigenvalue weighted by Gasteiger charge is -2.37. The molecule has 3 fully saturated rings. The molecule has 1 N–H and O–H groups in total. The lowest BCUT2D eigenvalue weighted by Crippen LogP contribution is -2.45. The number of ether oxygens (including phenoxy) is 1. The molecule has 0 aromatic heterocycles. The molecule has 2 amide bonds. The standard InChI is InChI=1S/C21H28FN3O3/c1-14-11-25(12-15(2)28-14)18-5-4-16(10-17(18)22)23-19(26)20(27)24-9-8-21(13-24)6-3-7-21/h4-5,10,14-15H,3,6-9,11-13H2,1-2H3,(H,23,26)/t14-,15-/m0/s1. The van der Waals surface area contributed by atoms with Crippen molar-refractivity contribution in [1.82, 2.24) is 4.90 Å². The smallest absolute Gasteiger partial charge is 0.313 e. The first-order valence-electron chi connectivity index (χ1n) is 10.2. The van der Waals surface area contributed by atoms with Crippen LogP contribution in [0.5, 0.6) is 0 Å². The molecule has 2 aliphatic heterocycles. The number of carbonyl (C=O) groups excluding carboxylic acids is 2. The first kappa shape index (κ1) is 19.2. The molecule has 2 saturated heterocycles. The number of rotatable bonds is 2. The van der Waals surface area contributed by atoms with E-state index >= 15 is 0 Å². The highest BCUT2D eigenvalue weighted by molar-refractivity contribution is 6.39. The predicted octanol–water partition coefficient (Wildman–Crippen LogP) is 2.78. The highest BCUT2D eigenvalue weighted by Crippen LogP contribution is 2.47. The lowest BCUT2D eigenvalue weighted by molar-refractivity contribution is -0.142. The molecule has 152 valence electrons. The summed E-state index contributed by atoms with van der Waals surface area (Å²) in [5.74, 6) is -1.64. The summed E-state index contributed by atoms with van der Waals surface area (Å²) in [6.45, 7) is 6.46. The highest BCUT2D eigenvalue weighted by atomic mass is 19.1. The van der Waals surface area contributed by atoms with Crippen LogP contribution >= 0.6 is 0 Å². The number of amides is 2. The highest BCUT2D eigenvalue weighted by Gasteiger charge is 2.45. The van der Waals surface area contributed by atoms with Gasteiger partial charge < -0.3 is 19.9 Å². The van der Waals surface area contributed by atoms with E-state index in [1.807, 2.05) is 18.7 Å². The van der Waals surface area contributed by atoms with E-state index in [0.29, 0.717) is 37.6 Å². The number of halogens is 1. The van der Waals surface area contributed by atoms with Crippen LogP contribution in [0, 0.1) is 11.2 Å². The molecule has 0 unspecified atom stereocenters. The summed E-state index contributed by atoms with van der Waals surface area (Å²) >= 11 is 0. The minimum atomic E-state index is -0.697. The van der Waals surface area contributed by atoms with Crippen molar-refractivity contribution in [3.63, 3.8) is 0 Å². The minimum Gasteiger partial charge on any atom is -0.372 e. The van der Waals surface area contributed by atoms with Crippen molar-refractivity contribution in [3.05, 3.63) is 24.0 Å². The number of anilines is 2. The molecule has 7 heteroatoms. The molecule has 2 atom stereocenters. The van der Waals surface area contributed by atoms with Gasteiger partial charge in [-0.2, -0.15) is 0 Å². The third kappa shape index (κ3) is 3.72. The van der Waals surface area contributed by atoms with Crippen LogP contribution < -0.4 is 10.2 Å². The number of nitrogens with zero attached hydrogens (tertiary/aromatic N) is 2. The third-order valence-corrected chi connectivity index (χ3v) is 6.30. The second-order valence-corrected chi connectivity index (χ2v) is 8.61. The number of hydrogen-bond donors (Lipinski definition) is 1. The molecule has 1 aliphatic carbocycles. The number of benzene rings is 1. The quantitative estimate of drug-likeness (QED) is 0.790. The number of morpholine rings is 1. The van der Waals surface area contributed by atoms with Gasteiger partial charge in [0, 0.05) is 31.9 Å². The van der Waals surface area contributed by atoms with Gasteiger partial charge in [0.15, 0.2) is 0 Å². The van der Waals surface area contributed by atoms with Gasteiger partial charge in [-0.15, -0.1) is 0 Å². The van der Waals surface area contributed by atoms with Gasteiger partial charge in [-0.25, -0.2) is 4.39 Å². The minimum absolute atomic E-state index is 0.0274. The van der Waals surface area contributed by atoms with E-state index < -0.39 is 17.6 Å². The molecule has 1 aromatic carbocycles. The first-order valence-corrected chi connectivity index (χ1v) is 10.2. The van der Waals surface area contributed by atoms with Crippen LogP contribution in [0.4, 0.5) is 15.8 Å². The summed E-state index contributed by atoms with van der Waals surface area (Å²) in [5, 5.41) is 2.56. The summed E-state index contributed by atoms with van der Waals surface area (Å²) < 4.78 is 20.4. The second-order valence-electron chi connectivity index (χ2n) is 8.61. The zero-order valence-electron chi connectivity index (χ0n) is 16.5. The fraction of sp³-hybridized carbons (Fsp3) is 0.619. The molecule has 4 rings (SSSR count). The van der Waals surface area contributed by atoms with Crippen molar-refractivity contribution < 1.29 is 18.7 Å². The van der Waals surface area contributed by atoms with Crippen LogP contribution in [0.3, 0.4) is 0 Å². The van der Waals surface area contributed by atoms with Crippen LogP contribution in [0.25, 0.3) is 0 Å². The Morgan fingerprint density at radius 2 is 1.89 bits per heavy atom.